The maximum atomic E-state index is 12.1. The molecule has 4 atom stereocenters. The molecule has 0 N–H and O–H groups in total. The van der Waals surface area contributed by atoms with Crippen molar-refractivity contribution < 1.29 is 9.53 Å². The summed E-state index contributed by atoms with van der Waals surface area (Å²) >= 11 is 0. The number of carbonyl (C=O) groups is 1. The molecule has 1 saturated heterocycles. The maximum absolute atomic E-state index is 12.1. The second kappa shape index (κ2) is 8.32. The highest BCUT2D eigenvalue weighted by Crippen LogP contribution is 2.47. The zero-order valence-electron chi connectivity index (χ0n) is 15.3. The molecule has 0 saturated carbocycles. The fourth-order valence-electron chi connectivity index (χ4n) is 4.21. The van der Waals surface area contributed by atoms with Gasteiger partial charge in [-0.1, -0.05) is 91.0 Å². The van der Waals surface area contributed by atoms with Crippen LogP contribution >= 0.6 is 0 Å². The molecule has 1 fully saturated rings. The van der Waals surface area contributed by atoms with Crippen molar-refractivity contribution in [2.45, 2.75) is 31.0 Å². The number of carbonyl (C=O) groups excluding carboxylic acids is 1. The minimum Gasteiger partial charge on any atom is -0.369 e. The van der Waals surface area contributed by atoms with Crippen molar-refractivity contribution in [3.05, 3.63) is 108 Å². The topological polar surface area (TPSA) is 26.3 Å². The van der Waals surface area contributed by atoms with Crippen LogP contribution in [0.5, 0.6) is 0 Å². The lowest BCUT2D eigenvalue weighted by atomic mass is 9.79. The molecule has 1 aliphatic heterocycles. The number of hydrogen-bond acceptors (Lipinski definition) is 2. The number of aryl methyl sites for hydroxylation is 1. The van der Waals surface area contributed by atoms with Gasteiger partial charge in [0, 0.05) is 5.92 Å². The smallest absolute Gasteiger partial charge is 0.126 e. The van der Waals surface area contributed by atoms with Gasteiger partial charge in [0.2, 0.25) is 0 Å². The average Bonchev–Trinajstić information content (AvgIpc) is 3.13. The normalized spacial score (nSPS) is 24.6. The summed E-state index contributed by atoms with van der Waals surface area (Å²) in [5.74, 6) is -0.0896. The Hall–Kier alpha value is -2.71. The van der Waals surface area contributed by atoms with Gasteiger partial charge in [0.15, 0.2) is 0 Å². The number of rotatable bonds is 6. The zero-order valence-corrected chi connectivity index (χ0v) is 15.3. The van der Waals surface area contributed by atoms with Crippen LogP contribution in [0.2, 0.25) is 0 Å². The minimum atomic E-state index is -0.185. The van der Waals surface area contributed by atoms with Gasteiger partial charge in [-0.25, -0.2) is 0 Å². The monoisotopic (exact) mass is 356 g/mol. The van der Waals surface area contributed by atoms with E-state index < -0.39 is 0 Å². The van der Waals surface area contributed by atoms with Gasteiger partial charge in [0.1, 0.15) is 6.29 Å². The van der Waals surface area contributed by atoms with E-state index >= 15 is 0 Å². The first-order valence-corrected chi connectivity index (χ1v) is 9.61. The molecule has 0 bridgehead atoms. The summed E-state index contributed by atoms with van der Waals surface area (Å²) in [5, 5.41) is 0. The van der Waals surface area contributed by atoms with Crippen LogP contribution in [0.25, 0.3) is 0 Å². The molecule has 0 spiro atoms. The Morgan fingerprint density at radius 2 is 1.30 bits per heavy atom. The lowest BCUT2D eigenvalue weighted by Gasteiger charge is -2.21. The Bertz CT molecular complexity index is 845. The van der Waals surface area contributed by atoms with E-state index in [1.54, 1.807) is 0 Å². The van der Waals surface area contributed by atoms with Gasteiger partial charge in [0.05, 0.1) is 18.1 Å². The summed E-state index contributed by atoms with van der Waals surface area (Å²) in [7, 11) is 0. The first-order valence-electron chi connectivity index (χ1n) is 9.61. The van der Waals surface area contributed by atoms with Crippen LogP contribution < -0.4 is 0 Å². The van der Waals surface area contributed by atoms with Crippen LogP contribution in [0, 0.1) is 5.92 Å². The molecule has 136 valence electrons. The lowest BCUT2D eigenvalue weighted by Crippen LogP contribution is -2.20. The van der Waals surface area contributed by atoms with E-state index in [4.69, 9.17) is 4.74 Å². The van der Waals surface area contributed by atoms with Crippen LogP contribution in [0.4, 0.5) is 0 Å². The number of ether oxygens (including phenoxy) is 1. The lowest BCUT2D eigenvalue weighted by molar-refractivity contribution is -0.113. The van der Waals surface area contributed by atoms with Crippen molar-refractivity contribution in [3.63, 3.8) is 0 Å². The van der Waals surface area contributed by atoms with E-state index in [9.17, 15) is 4.79 Å². The first kappa shape index (κ1) is 17.7. The Morgan fingerprint density at radius 3 is 1.89 bits per heavy atom. The molecular weight excluding hydrogens is 332 g/mol. The van der Waals surface area contributed by atoms with Gasteiger partial charge in [0.25, 0.3) is 0 Å². The molecule has 2 nitrogen and oxygen atoms in total. The summed E-state index contributed by atoms with van der Waals surface area (Å²) in [4.78, 5) is 12.1. The molecule has 0 aromatic heterocycles. The highest BCUT2D eigenvalue weighted by Gasteiger charge is 2.45. The van der Waals surface area contributed by atoms with Crippen LogP contribution in [0.1, 0.15) is 35.1 Å². The van der Waals surface area contributed by atoms with Gasteiger partial charge in [-0.15, -0.1) is 0 Å². The molecule has 3 aromatic rings. The first-order chi connectivity index (χ1) is 13.4. The Balaban J connectivity index is 1.63. The van der Waals surface area contributed by atoms with Gasteiger partial charge in [-0.2, -0.15) is 0 Å². The largest absolute Gasteiger partial charge is 0.369 e. The van der Waals surface area contributed by atoms with Crippen molar-refractivity contribution in [3.8, 4) is 0 Å². The van der Waals surface area contributed by atoms with E-state index in [0.717, 1.165) is 24.7 Å². The average molecular weight is 356 g/mol. The Morgan fingerprint density at radius 1 is 0.741 bits per heavy atom. The number of benzene rings is 3. The maximum Gasteiger partial charge on any atom is 0.126 e. The second-order valence-electron chi connectivity index (χ2n) is 7.18. The van der Waals surface area contributed by atoms with Crippen LogP contribution in [-0.2, 0) is 16.0 Å². The van der Waals surface area contributed by atoms with E-state index in [2.05, 4.69) is 48.5 Å². The van der Waals surface area contributed by atoms with Crippen molar-refractivity contribution in [2.24, 2.45) is 5.92 Å². The second-order valence-corrected chi connectivity index (χ2v) is 7.18. The van der Waals surface area contributed by atoms with Crippen LogP contribution in [-0.4, -0.2) is 12.4 Å². The van der Waals surface area contributed by atoms with E-state index in [-0.39, 0.29) is 24.0 Å². The molecule has 27 heavy (non-hydrogen) atoms. The van der Waals surface area contributed by atoms with Gasteiger partial charge in [-0.3, -0.25) is 0 Å². The van der Waals surface area contributed by atoms with Crippen molar-refractivity contribution >= 4 is 6.29 Å². The third-order valence-corrected chi connectivity index (χ3v) is 5.52. The molecule has 0 unspecified atom stereocenters. The van der Waals surface area contributed by atoms with Gasteiger partial charge < -0.3 is 9.53 Å². The molecule has 3 aromatic carbocycles. The number of hydrogen-bond donors (Lipinski definition) is 0. The number of aldehydes is 1. The summed E-state index contributed by atoms with van der Waals surface area (Å²) in [6.07, 6.45) is 2.78. The standard InChI is InChI=1S/C25H24O2/c26-18-22-24(20-12-6-2-7-13-20)23(17-16-19-10-4-1-5-11-19)27-25(22)21-14-8-3-9-15-21/h1-15,18,22-25H,16-17H2/t22-,23-,24-,25+/m0/s1. The third kappa shape index (κ3) is 3.86. The van der Waals surface area contributed by atoms with Crippen molar-refractivity contribution in [2.75, 3.05) is 0 Å². The third-order valence-electron chi connectivity index (χ3n) is 5.52. The Kier molecular flexibility index (Phi) is 5.45. The fourth-order valence-corrected chi connectivity index (χ4v) is 4.21. The van der Waals surface area contributed by atoms with Crippen LogP contribution in [0.15, 0.2) is 91.0 Å². The van der Waals surface area contributed by atoms with Crippen LogP contribution in [0.3, 0.4) is 0 Å². The molecule has 0 radical (unpaired) electrons. The van der Waals surface area contributed by atoms with Crippen molar-refractivity contribution in [1.29, 1.82) is 0 Å². The molecule has 4 rings (SSSR count). The summed E-state index contributed by atoms with van der Waals surface area (Å²) in [5.41, 5.74) is 3.57. The Labute approximate surface area is 160 Å². The zero-order chi connectivity index (χ0) is 18.5. The summed E-state index contributed by atoms with van der Waals surface area (Å²) in [6.45, 7) is 0. The molecular formula is C25H24O2. The predicted molar refractivity (Wildman–Crippen MR) is 108 cm³/mol. The molecule has 1 aliphatic rings. The summed E-state index contributed by atoms with van der Waals surface area (Å²) < 4.78 is 6.51. The highest BCUT2D eigenvalue weighted by atomic mass is 16.5. The minimum absolute atomic E-state index is 0.0213. The predicted octanol–water partition coefficient (Wildman–Crippen LogP) is 5.36. The SMILES string of the molecule is O=C[C@H]1[C@H](c2ccccc2)[C@H](CCc2ccccc2)O[C@@H]1c1ccccc1. The fraction of sp³-hybridized carbons (Fsp3) is 0.240. The summed E-state index contributed by atoms with van der Waals surface area (Å²) in [6, 6.07) is 31.0. The highest BCUT2D eigenvalue weighted by molar-refractivity contribution is 5.59. The van der Waals surface area contributed by atoms with Gasteiger partial charge in [-0.05, 0) is 29.5 Å². The van der Waals surface area contributed by atoms with Crippen molar-refractivity contribution in [1.82, 2.24) is 0 Å². The quantitative estimate of drug-likeness (QED) is 0.556. The van der Waals surface area contributed by atoms with E-state index in [1.807, 2.05) is 42.5 Å². The van der Waals surface area contributed by atoms with E-state index in [0.29, 0.717) is 0 Å². The van der Waals surface area contributed by atoms with E-state index in [1.165, 1.54) is 11.1 Å². The molecule has 0 aliphatic carbocycles. The van der Waals surface area contributed by atoms with Gasteiger partial charge >= 0.3 is 0 Å². The molecule has 0 amide bonds. The molecule has 1 heterocycles. The molecule has 2 heteroatoms.